The van der Waals surface area contributed by atoms with Crippen molar-refractivity contribution in [3.8, 4) is 6.07 Å². The lowest BCUT2D eigenvalue weighted by molar-refractivity contribution is -0.117. The molecule has 0 aromatic heterocycles. The SMILES string of the molecule is N#C/C(=C/NCc1ccccc1Br)C(=O)NCCN1CCNCC1. The predicted octanol–water partition coefficient (Wildman–Crippen LogP) is 0.968. The zero-order valence-corrected chi connectivity index (χ0v) is 15.1. The van der Waals surface area contributed by atoms with Gasteiger partial charge in [0, 0.05) is 56.5 Å². The van der Waals surface area contributed by atoms with Crippen LogP contribution < -0.4 is 16.0 Å². The molecule has 24 heavy (non-hydrogen) atoms. The number of nitriles is 1. The second kappa shape index (κ2) is 10.1. The van der Waals surface area contributed by atoms with E-state index in [2.05, 4.69) is 36.8 Å². The van der Waals surface area contributed by atoms with Gasteiger partial charge in [0.2, 0.25) is 0 Å². The van der Waals surface area contributed by atoms with E-state index in [4.69, 9.17) is 5.26 Å². The number of carbonyl (C=O) groups is 1. The van der Waals surface area contributed by atoms with E-state index in [0.29, 0.717) is 13.1 Å². The number of rotatable bonds is 7. The maximum absolute atomic E-state index is 12.0. The molecule has 1 aromatic carbocycles. The van der Waals surface area contributed by atoms with E-state index in [1.807, 2.05) is 30.3 Å². The molecule has 0 spiro atoms. The van der Waals surface area contributed by atoms with Gasteiger partial charge in [-0.3, -0.25) is 9.69 Å². The summed E-state index contributed by atoms with van der Waals surface area (Å²) < 4.78 is 0.991. The molecule has 0 bridgehead atoms. The molecule has 0 aliphatic carbocycles. The lowest BCUT2D eigenvalue weighted by Crippen LogP contribution is -2.46. The van der Waals surface area contributed by atoms with E-state index >= 15 is 0 Å². The van der Waals surface area contributed by atoms with Crippen molar-refractivity contribution in [3.05, 3.63) is 46.1 Å². The second-order valence-electron chi connectivity index (χ2n) is 5.49. The summed E-state index contributed by atoms with van der Waals surface area (Å²) in [7, 11) is 0. The summed E-state index contributed by atoms with van der Waals surface area (Å²) in [5.41, 5.74) is 1.15. The number of amides is 1. The van der Waals surface area contributed by atoms with Gasteiger partial charge in [-0.15, -0.1) is 0 Å². The average Bonchev–Trinajstić information content (AvgIpc) is 2.61. The van der Waals surface area contributed by atoms with Gasteiger partial charge in [-0.05, 0) is 11.6 Å². The number of hydrogen-bond acceptors (Lipinski definition) is 5. The van der Waals surface area contributed by atoms with E-state index in [9.17, 15) is 4.79 Å². The summed E-state index contributed by atoms with van der Waals surface area (Å²) in [5, 5.41) is 18.3. The number of nitrogens with zero attached hydrogens (tertiary/aromatic N) is 2. The van der Waals surface area contributed by atoms with Crippen LogP contribution in [0.5, 0.6) is 0 Å². The van der Waals surface area contributed by atoms with Gasteiger partial charge >= 0.3 is 0 Å². The van der Waals surface area contributed by atoms with Gasteiger partial charge in [0.15, 0.2) is 0 Å². The Labute approximate surface area is 151 Å². The summed E-state index contributed by atoms with van der Waals surface area (Å²) >= 11 is 3.47. The molecule has 0 radical (unpaired) electrons. The Bertz CT molecular complexity index is 620. The van der Waals surface area contributed by atoms with E-state index in [-0.39, 0.29) is 11.5 Å². The van der Waals surface area contributed by atoms with Crippen molar-refractivity contribution >= 4 is 21.8 Å². The number of piperazine rings is 1. The summed E-state index contributed by atoms with van der Waals surface area (Å²) in [6, 6.07) is 9.76. The highest BCUT2D eigenvalue weighted by atomic mass is 79.9. The van der Waals surface area contributed by atoms with Gasteiger partial charge in [0.1, 0.15) is 11.6 Å². The third-order valence-corrected chi connectivity index (χ3v) is 4.56. The van der Waals surface area contributed by atoms with Crippen LogP contribution in [0.4, 0.5) is 0 Å². The molecular formula is C17H22BrN5O. The fourth-order valence-corrected chi connectivity index (χ4v) is 2.84. The molecule has 1 aromatic rings. The number of hydrogen-bond donors (Lipinski definition) is 3. The number of halogens is 1. The van der Waals surface area contributed by atoms with E-state index in [1.54, 1.807) is 0 Å². The van der Waals surface area contributed by atoms with Crippen LogP contribution in [0, 0.1) is 11.3 Å². The molecule has 1 aliphatic heterocycles. The molecule has 6 nitrogen and oxygen atoms in total. The van der Waals surface area contributed by atoms with Crippen LogP contribution in [-0.4, -0.2) is 50.1 Å². The molecule has 1 aliphatic rings. The minimum Gasteiger partial charge on any atom is -0.386 e. The highest BCUT2D eigenvalue weighted by Gasteiger charge is 2.11. The molecule has 1 saturated heterocycles. The Kier molecular flexibility index (Phi) is 7.75. The van der Waals surface area contributed by atoms with Crippen molar-refractivity contribution in [2.45, 2.75) is 6.54 Å². The van der Waals surface area contributed by atoms with Crippen molar-refractivity contribution in [1.82, 2.24) is 20.9 Å². The molecule has 0 atom stereocenters. The Morgan fingerprint density at radius 2 is 2.12 bits per heavy atom. The highest BCUT2D eigenvalue weighted by molar-refractivity contribution is 9.10. The first kappa shape index (κ1) is 18.5. The second-order valence-corrected chi connectivity index (χ2v) is 6.34. The number of nitrogens with one attached hydrogen (secondary N) is 3. The maximum Gasteiger partial charge on any atom is 0.263 e. The molecule has 0 saturated carbocycles. The minimum atomic E-state index is -0.340. The van der Waals surface area contributed by atoms with Crippen molar-refractivity contribution in [2.75, 3.05) is 39.3 Å². The van der Waals surface area contributed by atoms with E-state index < -0.39 is 0 Å². The topological polar surface area (TPSA) is 80.2 Å². The zero-order chi connectivity index (χ0) is 17.2. The Balaban J connectivity index is 1.76. The summed E-state index contributed by atoms with van der Waals surface area (Å²) in [4.78, 5) is 14.3. The molecule has 3 N–H and O–H groups in total. The molecule has 1 fully saturated rings. The van der Waals surface area contributed by atoms with Crippen molar-refractivity contribution < 1.29 is 4.79 Å². The van der Waals surface area contributed by atoms with Crippen LogP contribution in [0.2, 0.25) is 0 Å². The Morgan fingerprint density at radius 3 is 2.83 bits per heavy atom. The van der Waals surface area contributed by atoms with Gasteiger partial charge in [-0.25, -0.2) is 0 Å². The average molecular weight is 392 g/mol. The van der Waals surface area contributed by atoms with E-state index in [0.717, 1.165) is 42.8 Å². The smallest absolute Gasteiger partial charge is 0.263 e. The number of benzene rings is 1. The van der Waals surface area contributed by atoms with Crippen LogP contribution >= 0.6 is 15.9 Å². The third-order valence-electron chi connectivity index (χ3n) is 3.79. The Hall–Kier alpha value is -1.88. The first-order valence-electron chi connectivity index (χ1n) is 7.99. The van der Waals surface area contributed by atoms with Crippen molar-refractivity contribution in [1.29, 1.82) is 5.26 Å². The monoisotopic (exact) mass is 391 g/mol. The molecule has 0 unspecified atom stereocenters. The van der Waals surface area contributed by atoms with Gasteiger partial charge in [-0.1, -0.05) is 34.1 Å². The quantitative estimate of drug-likeness (QED) is 0.476. The van der Waals surface area contributed by atoms with Gasteiger partial charge in [0.05, 0.1) is 0 Å². The Morgan fingerprint density at radius 1 is 1.38 bits per heavy atom. The molecular weight excluding hydrogens is 370 g/mol. The summed E-state index contributed by atoms with van der Waals surface area (Å²) in [5.74, 6) is -0.340. The normalized spacial score (nSPS) is 15.6. The van der Waals surface area contributed by atoms with Crippen LogP contribution in [-0.2, 0) is 11.3 Å². The maximum atomic E-state index is 12.0. The van der Waals surface area contributed by atoms with Gasteiger partial charge < -0.3 is 16.0 Å². The van der Waals surface area contributed by atoms with Crippen LogP contribution in [0.1, 0.15) is 5.56 Å². The summed E-state index contributed by atoms with van der Waals surface area (Å²) in [6.07, 6.45) is 1.47. The molecule has 1 heterocycles. The molecule has 2 rings (SSSR count). The standard InChI is InChI=1S/C17H22BrN5O/c18-16-4-2-1-3-14(16)12-21-13-15(11-19)17(24)22-7-10-23-8-5-20-6-9-23/h1-4,13,20-21H,5-10,12H2,(H,22,24)/b15-13-. The van der Waals surface area contributed by atoms with Crippen LogP contribution in [0.3, 0.4) is 0 Å². The molecule has 7 heteroatoms. The lowest BCUT2D eigenvalue weighted by atomic mass is 10.2. The number of carbonyl (C=O) groups excluding carboxylic acids is 1. The van der Waals surface area contributed by atoms with E-state index in [1.165, 1.54) is 6.20 Å². The highest BCUT2D eigenvalue weighted by Crippen LogP contribution is 2.15. The minimum absolute atomic E-state index is 0.0855. The first-order chi connectivity index (χ1) is 11.7. The fraction of sp³-hybridized carbons (Fsp3) is 0.412. The van der Waals surface area contributed by atoms with Crippen LogP contribution in [0.15, 0.2) is 40.5 Å². The van der Waals surface area contributed by atoms with Crippen molar-refractivity contribution in [2.24, 2.45) is 0 Å². The van der Waals surface area contributed by atoms with Crippen LogP contribution in [0.25, 0.3) is 0 Å². The lowest BCUT2D eigenvalue weighted by Gasteiger charge is -2.27. The van der Waals surface area contributed by atoms with Gasteiger partial charge in [-0.2, -0.15) is 5.26 Å². The molecule has 128 valence electrons. The zero-order valence-electron chi connectivity index (χ0n) is 13.5. The van der Waals surface area contributed by atoms with Gasteiger partial charge in [0.25, 0.3) is 5.91 Å². The largest absolute Gasteiger partial charge is 0.386 e. The summed E-state index contributed by atoms with van der Waals surface area (Å²) in [6.45, 7) is 5.83. The molecule has 1 amide bonds. The first-order valence-corrected chi connectivity index (χ1v) is 8.78. The predicted molar refractivity (Wildman–Crippen MR) is 97.0 cm³/mol. The fourth-order valence-electron chi connectivity index (χ4n) is 2.41. The third kappa shape index (κ3) is 5.96. The van der Waals surface area contributed by atoms with Crippen molar-refractivity contribution in [3.63, 3.8) is 0 Å².